The van der Waals surface area contributed by atoms with Gasteiger partial charge in [0, 0.05) is 0 Å². The van der Waals surface area contributed by atoms with Gasteiger partial charge in [0.1, 0.15) is 11.5 Å². The number of aromatic nitrogens is 3. The minimum absolute atomic E-state index is 0.0993. The van der Waals surface area contributed by atoms with Crippen LogP contribution in [-0.2, 0) is 4.79 Å². The molecule has 7 heteroatoms. The van der Waals surface area contributed by atoms with Crippen molar-refractivity contribution in [2.75, 3.05) is 12.9 Å². The molecule has 0 aliphatic heterocycles. The standard InChI is InChI=1S/C16H15N3O2S2/c1-11(20)10-23-16-18-17-15(14-8-5-9-22-14)19(16)12-6-3-4-7-13(12)21-2/h3-9H,10H2,1-2H3. The Morgan fingerprint density at radius 1 is 1.26 bits per heavy atom. The lowest BCUT2D eigenvalue weighted by Gasteiger charge is -2.12. The molecule has 0 amide bonds. The molecule has 1 aromatic carbocycles. The van der Waals surface area contributed by atoms with Gasteiger partial charge in [0.2, 0.25) is 0 Å². The van der Waals surface area contributed by atoms with E-state index in [-0.39, 0.29) is 5.78 Å². The number of Topliss-reactive ketones (excluding diaryl/α,β-unsaturated/α-hetero) is 1. The first-order valence-electron chi connectivity index (χ1n) is 6.95. The molecule has 0 unspecified atom stereocenters. The topological polar surface area (TPSA) is 57.0 Å². The maximum Gasteiger partial charge on any atom is 0.196 e. The molecule has 118 valence electrons. The van der Waals surface area contributed by atoms with Crippen molar-refractivity contribution >= 4 is 28.9 Å². The van der Waals surface area contributed by atoms with E-state index in [1.165, 1.54) is 11.8 Å². The van der Waals surface area contributed by atoms with E-state index in [1.54, 1.807) is 25.4 Å². The molecule has 0 saturated carbocycles. The maximum absolute atomic E-state index is 11.3. The van der Waals surface area contributed by atoms with Gasteiger partial charge in [-0.3, -0.25) is 9.36 Å². The quantitative estimate of drug-likeness (QED) is 0.638. The molecule has 2 aromatic heterocycles. The normalized spacial score (nSPS) is 10.7. The second-order valence-corrected chi connectivity index (χ2v) is 6.67. The van der Waals surface area contributed by atoms with Crippen molar-refractivity contribution in [3.05, 3.63) is 41.8 Å². The zero-order chi connectivity index (χ0) is 16.2. The van der Waals surface area contributed by atoms with Crippen LogP contribution < -0.4 is 4.74 Å². The first-order chi connectivity index (χ1) is 11.2. The van der Waals surface area contributed by atoms with Crippen LogP contribution in [0.5, 0.6) is 5.75 Å². The van der Waals surface area contributed by atoms with Crippen molar-refractivity contribution in [3.63, 3.8) is 0 Å². The summed E-state index contributed by atoms with van der Waals surface area (Å²) in [5.41, 5.74) is 0.856. The fourth-order valence-electron chi connectivity index (χ4n) is 2.13. The van der Waals surface area contributed by atoms with Crippen molar-refractivity contribution < 1.29 is 9.53 Å². The molecule has 0 aliphatic rings. The molecule has 0 spiro atoms. The third-order valence-electron chi connectivity index (χ3n) is 3.11. The monoisotopic (exact) mass is 345 g/mol. The molecular formula is C16H15N3O2S2. The molecule has 23 heavy (non-hydrogen) atoms. The minimum Gasteiger partial charge on any atom is -0.495 e. The van der Waals surface area contributed by atoms with Gasteiger partial charge >= 0.3 is 0 Å². The number of methoxy groups -OCH3 is 1. The molecule has 2 heterocycles. The van der Waals surface area contributed by atoms with Crippen molar-refractivity contribution in [2.45, 2.75) is 12.1 Å². The lowest BCUT2D eigenvalue weighted by atomic mass is 10.3. The zero-order valence-electron chi connectivity index (χ0n) is 12.7. The van der Waals surface area contributed by atoms with Crippen LogP contribution in [0, 0.1) is 0 Å². The van der Waals surface area contributed by atoms with Gasteiger partial charge in [-0.25, -0.2) is 0 Å². The van der Waals surface area contributed by atoms with Crippen LogP contribution in [0.25, 0.3) is 16.4 Å². The predicted octanol–water partition coefficient (Wildman–Crippen LogP) is 3.69. The van der Waals surface area contributed by atoms with Crippen molar-refractivity contribution in [1.29, 1.82) is 0 Å². The number of thiophene rings is 1. The van der Waals surface area contributed by atoms with Gasteiger partial charge in [-0.05, 0) is 30.5 Å². The van der Waals surface area contributed by atoms with Crippen LogP contribution in [-0.4, -0.2) is 33.4 Å². The van der Waals surface area contributed by atoms with Crippen LogP contribution in [0.4, 0.5) is 0 Å². The van der Waals surface area contributed by atoms with Gasteiger partial charge < -0.3 is 4.74 Å². The van der Waals surface area contributed by atoms with Gasteiger partial charge in [0.25, 0.3) is 0 Å². The highest BCUT2D eigenvalue weighted by molar-refractivity contribution is 7.99. The van der Waals surface area contributed by atoms with Crippen LogP contribution in [0.1, 0.15) is 6.92 Å². The van der Waals surface area contributed by atoms with E-state index >= 15 is 0 Å². The van der Waals surface area contributed by atoms with Crippen molar-refractivity contribution in [2.24, 2.45) is 0 Å². The molecule has 3 aromatic rings. The Hall–Kier alpha value is -2.12. The number of benzene rings is 1. The summed E-state index contributed by atoms with van der Waals surface area (Å²) in [5.74, 6) is 1.94. The molecule has 0 bridgehead atoms. The second-order valence-electron chi connectivity index (χ2n) is 4.78. The summed E-state index contributed by atoms with van der Waals surface area (Å²) < 4.78 is 7.42. The van der Waals surface area contributed by atoms with Gasteiger partial charge in [0.15, 0.2) is 11.0 Å². The van der Waals surface area contributed by atoms with Crippen LogP contribution in [0.3, 0.4) is 0 Å². The fraction of sp³-hybridized carbons (Fsp3) is 0.188. The highest BCUT2D eigenvalue weighted by Gasteiger charge is 2.19. The molecule has 0 aliphatic carbocycles. The number of thioether (sulfide) groups is 1. The van der Waals surface area contributed by atoms with E-state index < -0.39 is 0 Å². The number of carbonyl (C=O) groups is 1. The van der Waals surface area contributed by atoms with Gasteiger partial charge in [0.05, 0.1) is 23.4 Å². The highest BCUT2D eigenvalue weighted by Crippen LogP contribution is 2.33. The van der Waals surface area contributed by atoms with E-state index in [2.05, 4.69) is 10.2 Å². The Labute approximate surface area is 142 Å². The minimum atomic E-state index is 0.0993. The summed E-state index contributed by atoms with van der Waals surface area (Å²) in [6.07, 6.45) is 0. The number of para-hydroxylation sites is 2. The first kappa shape index (κ1) is 15.8. The molecule has 0 radical (unpaired) electrons. The Kier molecular flexibility index (Phi) is 4.78. The summed E-state index contributed by atoms with van der Waals surface area (Å²) in [7, 11) is 1.64. The number of rotatable bonds is 6. The number of hydrogen-bond acceptors (Lipinski definition) is 6. The van der Waals surface area contributed by atoms with Gasteiger partial charge in [-0.15, -0.1) is 21.5 Å². The molecular weight excluding hydrogens is 330 g/mol. The van der Waals surface area contributed by atoms with Crippen molar-refractivity contribution in [3.8, 4) is 22.1 Å². The maximum atomic E-state index is 11.3. The lowest BCUT2D eigenvalue weighted by molar-refractivity contribution is -0.114. The number of nitrogens with zero attached hydrogens (tertiary/aromatic N) is 3. The smallest absolute Gasteiger partial charge is 0.196 e. The third-order valence-corrected chi connectivity index (χ3v) is 5.04. The Morgan fingerprint density at radius 2 is 2.09 bits per heavy atom. The largest absolute Gasteiger partial charge is 0.495 e. The van der Waals surface area contributed by atoms with Gasteiger partial charge in [-0.1, -0.05) is 30.0 Å². The van der Waals surface area contributed by atoms with E-state index in [4.69, 9.17) is 4.74 Å². The number of ketones is 1. The molecule has 0 N–H and O–H groups in total. The SMILES string of the molecule is COc1ccccc1-n1c(SCC(C)=O)nnc1-c1cccs1. The summed E-state index contributed by atoms with van der Waals surface area (Å²) in [5, 5.41) is 11.3. The average Bonchev–Trinajstić information content (AvgIpc) is 3.21. The summed E-state index contributed by atoms with van der Waals surface area (Å²) in [4.78, 5) is 12.3. The zero-order valence-corrected chi connectivity index (χ0v) is 14.4. The molecule has 3 rings (SSSR count). The lowest BCUT2D eigenvalue weighted by Crippen LogP contribution is -2.03. The molecule has 5 nitrogen and oxygen atoms in total. The van der Waals surface area contributed by atoms with E-state index in [0.717, 1.165) is 22.1 Å². The predicted molar refractivity (Wildman–Crippen MR) is 92.6 cm³/mol. The fourth-order valence-corrected chi connectivity index (χ4v) is 3.57. The Morgan fingerprint density at radius 3 is 2.78 bits per heavy atom. The highest BCUT2D eigenvalue weighted by atomic mass is 32.2. The molecule has 0 fully saturated rings. The van der Waals surface area contributed by atoms with Crippen LogP contribution in [0.2, 0.25) is 0 Å². The summed E-state index contributed by atoms with van der Waals surface area (Å²) in [6, 6.07) is 11.7. The average molecular weight is 345 g/mol. The van der Waals surface area contributed by atoms with Crippen LogP contribution >= 0.6 is 23.1 Å². The van der Waals surface area contributed by atoms with Gasteiger partial charge in [-0.2, -0.15) is 0 Å². The molecule has 0 atom stereocenters. The number of hydrogen-bond donors (Lipinski definition) is 0. The van der Waals surface area contributed by atoms with Crippen molar-refractivity contribution in [1.82, 2.24) is 14.8 Å². The summed E-state index contributed by atoms with van der Waals surface area (Å²) in [6.45, 7) is 1.57. The van der Waals surface area contributed by atoms with E-state index in [1.807, 2.05) is 46.3 Å². The third kappa shape index (κ3) is 3.30. The first-order valence-corrected chi connectivity index (χ1v) is 8.82. The Balaban J connectivity index is 2.14. The Bertz CT molecular complexity index is 813. The molecule has 0 saturated heterocycles. The van der Waals surface area contributed by atoms with Crippen LogP contribution in [0.15, 0.2) is 46.9 Å². The van der Waals surface area contributed by atoms with E-state index in [0.29, 0.717) is 10.9 Å². The number of ether oxygens (including phenoxy) is 1. The second kappa shape index (κ2) is 6.97. The van der Waals surface area contributed by atoms with E-state index in [9.17, 15) is 4.79 Å². The summed E-state index contributed by atoms with van der Waals surface area (Å²) >= 11 is 2.97. The number of carbonyl (C=O) groups excluding carboxylic acids is 1.